The zero-order valence-corrected chi connectivity index (χ0v) is 11.4. The van der Waals surface area contributed by atoms with Crippen LogP contribution in [0.3, 0.4) is 0 Å². The Hall–Kier alpha value is -1.35. The third-order valence-electron chi connectivity index (χ3n) is 3.01. The maximum Gasteiger partial charge on any atom is 0.311 e. The number of carbonyl (C=O) groups is 1. The normalized spacial score (nSPS) is 11.3. The summed E-state index contributed by atoms with van der Waals surface area (Å²) in [6.07, 6.45) is 0.775. The van der Waals surface area contributed by atoms with Crippen molar-refractivity contribution < 1.29 is 14.3 Å². The van der Waals surface area contributed by atoms with Crippen LogP contribution in [0.25, 0.3) is 0 Å². The Labute approximate surface area is 109 Å². The van der Waals surface area contributed by atoms with Crippen LogP contribution >= 0.6 is 0 Å². The van der Waals surface area contributed by atoms with E-state index < -0.39 is 5.41 Å². The molecule has 1 aromatic rings. The Morgan fingerprint density at radius 2 is 1.83 bits per heavy atom. The second-order valence-electron chi connectivity index (χ2n) is 4.91. The van der Waals surface area contributed by atoms with E-state index in [0.29, 0.717) is 19.8 Å². The fraction of sp³-hybridized carbons (Fsp3) is 0.533. The number of carbonyl (C=O) groups excluding carboxylic acids is 1. The van der Waals surface area contributed by atoms with Gasteiger partial charge in [-0.25, -0.2) is 0 Å². The van der Waals surface area contributed by atoms with Crippen LogP contribution in [0.2, 0.25) is 0 Å². The van der Waals surface area contributed by atoms with Crippen molar-refractivity contribution in [2.45, 2.75) is 33.8 Å². The van der Waals surface area contributed by atoms with E-state index in [2.05, 4.69) is 0 Å². The van der Waals surface area contributed by atoms with Gasteiger partial charge < -0.3 is 9.47 Å². The van der Waals surface area contributed by atoms with Gasteiger partial charge in [-0.05, 0) is 25.8 Å². The highest BCUT2D eigenvalue weighted by Crippen LogP contribution is 2.21. The van der Waals surface area contributed by atoms with Crippen molar-refractivity contribution in [2.24, 2.45) is 5.41 Å². The molecule has 3 heteroatoms. The van der Waals surface area contributed by atoms with Gasteiger partial charge in [-0.15, -0.1) is 0 Å². The summed E-state index contributed by atoms with van der Waals surface area (Å²) in [7, 11) is 0. The van der Waals surface area contributed by atoms with Gasteiger partial charge in [0.15, 0.2) is 0 Å². The fourth-order valence-electron chi connectivity index (χ4n) is 1.30. The van der Waals surface area contributed by atoms with Gasteiger partial charge >= 0.3 is 5.97 Å². The van der Waals surface area contributed by atoms with Crippen molar-refractivity contribution in [3.05, 3.63) is 35.9 Å². The van der Waals surface area contributed by atoms with E-state index in [4.69, 9.17) is 9.47 Å². The zero-order chi connectivity index (χ0) is 13.4. The molecule has 100 valence electrons. The third kappa shape index (κ3) is 4.88. The average molecular weight is 250 g/mol. The summed E-state index contributed by atoms with van der Waals surface area (Å²) in [5.74, 6) is -0.159. The van der Waals surface area contributed by atoms with Crippen LogP contribution in [0.4, 0.5) is 0 Å². The van der Waals surface area contributed by atoms with Gasteiger partial charge in [-0.2, -0.15) is 0 Å². The molecule has 1 aromatic carbocycles. The highest BCUT2D eigenvalue weighted by molar-refractivity contribution is 5.75. The SMILES string of the molecule is CCC(C)(C)C(=O)OCCOCc1ccccc1. The first-order valence-electron chi connectivity index (χ1n) is 6.35. The van der Waals surface area contributed by atoms with E-state index in [1.54, 1.807) is 0 Å². The Bertz CT molecular complexity index is 357. The molecule has 0 saturated heterocycles. The Balaban J connectivity index is 2.14. The summed E-state index contributed by atoms with van der Waals surface area (Å²) in [5.41, 5.74) is 0.720. The van der Waals surface area contributed by atoms with Crippen LogP contribution in [-0.2, 0) is 20.9 Å². The zero-order valence-electron chi connectivity index (χ0n) is 11.4. The first-order chi connectivity index (χ1) is 8.56. The van der Waals surface area contributed by atoms with Gasteiger partial charge in [0.05, 0.1) is 18.6 Å². The first kappa shape index (κ1) is 14.7. The van der Waals surface area contributed by atoms with E-state index in [1.807, 2.05) is 51.1 Å². The molecule has 3 nitrogen and oxygen atoms in total. The van der Waals surface area contributed by atoms with Gasteiger partial charge in [0.2, 0.25) is 0 Å². The summed E-state index contributed by atoms with van der Waals surface area (Å²) in [5, 5.41) is 0. The van der Waals surface area contributed by atoms with Crippen LogP contribution < -0.4 is 0 Å². The molecule has 1 rings (SSSR count). The topological polar surface area (TPSA) is 35.5 Å². The molecule has 0 aliphatic rings. The summed E-state index contributed by atoms with van der Waals surface area (Å²) in [6.45, 7) is 7.05. The molecule has 0 aliphatic carbocycles. The minimum absolute atomic E-state index is 0.159. The Morgan fingerprint density at radius 1 is 1.17 bits per heavy atom. The lowest BCUT2D eigenvalue weighted by Gasteiger charge is -2.20. The third-order valence-corrected chi connectivity index (χ3v) is 3.01. The maximum absolute atomic E-state index is 11.7. The van der Waals surface area contributed by atoms with E-state index in [1.165, 1.54) is 0 Å². The molecule has 0 bridgehead atoms. The molecule has 18 heavy (non-hydrogen) atoms. The van der Waals surface area contributed by atoms with Crippen molar-refractivity contribution in [3.8, 4) is 0 Å². The van der Waals surface area contributed by atoms with E-state index in [-0.39, 0.29) is 5.97 Å². The highest BCUT2D eigenvalue weighted by Gasteiger charge is 2.26. The van der Waals surface area contributed by atoms with Gasteiger partial charge in [-0.1, -0.05) is 37.3 Å². The lowest BCUT2D eigenvalue weighted by Crippen LogP contribution is -2.26. The van der Waals surface area contributed by atoms with Crippen LogP contribution in [0.15, 0.2) is 30.3 Å². The monoisotopic (exact) mass is 250 g/mol. The molecule has 0 amide bonds. The second-order valence-corrected chi connectivity index (χ2v) is 4.91. The largest absolute Gasteiger partial charge is 0.463 e. The predicted octanol–water partition coefficient (Wildman–Crippen LogP) is 3.18. The van der Waals surface area contributed by atoms with Crippen molar-refractivity contribution in [3.63, 3.8) is 0 Å². The molecule has 0 aliphatic heterocycles. The Morgan fingerprint density at radius 3 is 2.44 bits per heavy atom. The Kier molecular flexibility index (Phi) is 5.86. The predicted molar refractivity (Wildman–Crippen MR) is 71.1 cm³/mol. The van der Waals surface area contributed by atoms with Crippen LogP contribution in [0.1, 0.15) is 32.8 Å². The van der Waals surface area contributed by atoms with E-state index >= 15 is 0 Å². The molecule has 0 unspecified atom stereocenters. The minimum Gasteiger partial charge on any atom is -0.463 e. The van der Waals surface area contributed by atoms with Gasteiger partial charge in [0.25, 0.3) is 0 Å². The highest BCUT2D eigenvalue weighted by atomic mass is 16.6. The fourth-order valence-corrected chi connectivity index (χ4v) is 1.30. The number of benzene rings is 1. The smallest absolute Gasteiger partial charge is 0.311 e. The van der Waals surface area contributed by atoms with E-state index in [9.17, 15) is 4.79 Å². The average Bonchev–Trinajstić information content (AvgIpc) is 2.39. The van der Waals surface area contributed by atoms with Crippen molar-refractivity contribution >= 4 is 5.97 Å². The summed E-state index contributed by atoms with van der Waals surface area (Å²) in [4.78, 5) is 11.7. The molecule has 0 saturated carbocycles. The molecule has 0 N–H and O–H groups in total. The van der Waals surface area contributed by atoms with Crippen LogP contribution in [0, 0.1) is 5.41 Å². The molecule has 0 atom stereocenters. The lowest BCUT2D eigenvalue weighted by molar-refractivity contribution is -0.155. The van der Waals surface area contributed by atoms with E-state index in [0.717, 1.165) is 12.0 Å². The van der Waals surface area contributed by atoms with Gasteiger partial charge in [-0.3, -0.25) is 4.79 Å². The number of esters is 1. The van der Waals surface area contributed by atoms with Gasteiger partial charge in [0, 0.05) is 0 Å². The molecule has 0 heterocycles. The first-order valence-corrected chi connectivity index (χ1v) is 6.35. The maximum atomic E-state index is 11.7. The van der Waals surface area contributed by atoms with Gasteiger partial charge in [0.1, 0.15) is 6.61 Å². The number of ether oxygens (including phenoxy) is 2. The quantitative estimate of drug-likeness (QED) is 0.550. The van der Waals surface area contributed by atoms with Crippen LogP contribution in [-0.4, -0.2) is 19.2 Å². The van der Waals surface area contributed by atoms with Crippen molar-refractivity contribution in [1.29, 1.82) is 0 Å². The molecule has 0 fully saturated rings. The number of rotatable bonds is 7. The van der Waals surface area contributed by atoms with Crippen molar-refractivity contribution in [1.82, 2.24) is 0 Å². The number of hydrogen-bond donors (Lipinski definition) is 0. The molecule has 0 aromatic heterocycles. The molecular weight excluding hydrogens is 228 g/mol. The molecule has 0 spiro atoms. The van der Waals surface area contributed by atoms with Crippen molar-refractivity contribution in [2.75, 3.05) is 13.2 Å². The number of hydrogen-bond acceptors (Lipinski definition) is 3. The lowest BCUT2D eigenvalue weighted by atomic mass is 9.91. The molecule has 0 radical (unpaired) electrons. The minimum atomic E-state index is -0.403. The summed E-state index contributed by atoms with van der Waals surface area (Å²) >= 11 is 0. The molecular formula is C15H22O3. The standard InChI is InChI=1S/C15H22O3/c1-4-15(2,3)14(16)18-11-10-17-12-13-8-6-5-7-9-13/h5-9H,4,10-12H2,1-3H3. The summed E-state index contributed by atoms with van der Waals surface area (Å²) < 4.78 is 10.6. The summed E-state index contributed by atoms with van der Waals surface area (Å²) in [6, 6.07) is 9.93. The second kappa shape index (κ2) is 7.17. The van der Waals surface area contributed by atoms with Crippen LogP contribution in [0.5, 0.6) is 0 Å².